The van der Waals surface area contributed by atoms with Crippen LogP contribution < -0.4 is 10.5 Å². The number of anilines is 1. The Morgan fingerprint density at radius 2 is 2.35 bits per heavy atom. The topological polar surface area (TPSA) is 106 Å². The molecule has 0 spiro atoms. The lowest BCUT2D eigenvalue weighted by molar-refractivity contribution is 0.00861. The number of nitrogen functional groups attached to an aromatic ring is 1. The van der Waals surface area contributed by atoms with Crippen LogP contribution in [-0.2, 0) is 6.54 Å². The van der Waals surface area contributed by atoms with E-state index in [-0.39, 0.29) is 23.5 Å². The molecule has 2 aromatic heterocycles. The Morgan fingerprint density at radius 1 is 1.62 bits per heavy atom. The van der Waals surface area contributed by atoms with E-state index in [1.165, 1.54) is 13.2 Å². The minimum absolute atomic E-state index is 0.128. The van der Waals surface area contributed by atoms with Gasteiger partial charge in [-0.25, -0.2) is 9.97 Å². The first-order chi connectivity index (χ1) is 12.3. The van der Waals surface area contributed by atoms with Crippen molar-refractivity contribution in [3.8, 4) is 23.2 Å². The number of fused-ring (bicyclic) bond motifs is 1. The molecule has 2 atom stereocenters. The van der Waals surface area contributed by atoms with Gasteiger partial charge in [0.2, 0.25) is 0 Å². The summed E-state index contributed by atoms with van der Waals surface area (Å²) >= 11 is 0. The zero-order chi connectivity index (χ0) is 19.0. The van der Waals surface area contributed by atoms with Crippen molar-refractivity contribution in [2.45, 2.75) is 39.0 Å². The van der Waals surface area contributed by atoms with Gasteiger partial charge < -0.3 is 10.5 Å². The summed E-state index contributed by atoms with van der Waals surface area (Å²) in [6.45, 7) is 8.02. The Hall–Kier alpha value is -2.99. The Balaban J connectivity index is 2.11. The van der Waals surface area contributed by atoms with E-state index < -0.39 is 6.04 Å². The summed E-state index contributed by atoms with van der Waals surface area (Å²) < 4.78 is 21.3. The van der Waals surface area contributed by atoms with Gasteiger partial charge in [0.05, 0.1) is 29.2 Å². The number of ether oxygens (including phenoxy) is 1. The van der Waals surface area contributed by atoms with E-state index in [2.05, 4.69) is 21.6 Å². The first kappa shape index (κ1) is 17.8. The van der Waals surface area contributed by atoms with E-state index in [1.54, 1.807) is 4.68 Å². The van der Waals surface area contributed by atoms with Crippen molar-refractivity contribution in [1.29, 1.82) is 5.26 Å². The van der Waals surface area contributed by atoms with Crippen LogP contribution in [-0.4, -0.2) is 38.0 Å². The maximum Gasteiger partial charge on any atom is 0.258 e. The third-order valence-corrected chi connectivity index (χ3v) is 4.46. The summed E-state index contributed by atoms with van der Waals surface area (Å²) in [6.07, 6.45) is 1.70. The van der Waals surface area contributed by atoms with Crippen LogP contribution in [0, 0.1) is 11.3 Å². The van der Waals surface area contributed by atoms with Gasteiger partial charge in [0.15, 0.2) is 11.5 Å². The summed E-state index contributed by atoms with van der Waals surface area (Å²) in [7, 11) is 1.35. The van der Waals surface area contributed by atoms with Gasteiger partial charge >= 0.3 is 0 Å². The van der Waals surface area contributed by atoms with Crippen molar-refractivity contribution in [3.63, 3.8) is 0 Å². The maximum atomic E-state index is 13.9. The summed E-state index contributed by atoms with van der Waals surface area (Å²) in [5, 5.41) is 14.3. The molecule has 2 aromatic rings. The van der Waals surface area contributed by atoms with Crippen molar-refractivity contribution < 1.29 is 9.22 Å². The van der Waals surface area contributed by atoms with Gasteiger partial charge in [0.1, 0.15) is 12.2 Å². The third-order valence-electron chi connectivity index (χ3n) is 4.46. The number of nitrogens with two attached hydrogens (primary N) is 1. The fraction of sp³-hybridized carbons (Fsp3) is 0.412. The highest BCUT2D eigenvalue weighted by Gasteiger charge is 2.34. The molecule has 0 saturated carbocycles. The van der Waals surface area contributed by atoms with E-state index in [1.807, 2.05) is 19.9 Å². The number of rotatable bonds is 5. The van der Waals surface area contributed by atoms with E-state index >= 15 is 0 Å². The highest BCUT2D eigenvalue weighted by atomic mass is 19.2. The molecule has 1 aliphatic heterocycles. The van der Waals surface area contributed by atoms with Crippen molar-refractivity contribution in [1.82, 2.24) is 24.9 Å². The quantitative estimate of drug-likeness (QED) is 0.647. The van der Waals surface area contributed by atoms with Crippen LogP contribution in [0.3, 0.4) is 0 Å². The minimum atomic E-state index is -0.502. The van der Waals surface area contributed by atoms with E-state index in [9.17, 15) is 9.74 Å². The summed E-state index contributed by atoms with van der Waals surface area (Å²) in [5.41, 5.74) is 8.27. The van der Waals surface area contributed by atoms with Crippen molar-refractivity contribution >= 4 is 5.82 Å². The molecule has 0 aromatic carbocycles. The molecule has 9 heteroatoms. The first-order valence-electron chi connectivity index (χ1n) is 8.17. The molecule has 3 rings (SSSR count). The van der Waals surface area contributed by atoms with Crippen LogP contribution in [0.15, 0.2) is 18.3 Å². The predicted octanol–water partition coefficient (Wildman–Crippen LogP) is 2.40. The fourth-order valence-electron chi connectivity index (χ4n) is 2.90. The van der Waals surface area contributed by atoms with Gasteiger partial charge in [0, 0.05) is 13.6 Å². The van der Waals surface area contributed by atoms with Crippen molar-refractivity contribution in [2.24, 2.45) is 0 Å². The number of hydrogen-bond acceptors (Lipinski definition) is 7. The Labute approximate surface area is 150 Å². The molecule has 1 unspecified atom stereocenters. The Bertz CT molecular complexity index is 899. The number of hydrogen-bond donors (Lipinski definition) is 1. The molecule has 2 N–H and O–H groups in total. The molecule has 26 heavy (non-hydrogen) atoms. The molecular weight excluding hydrogens is 337 g/mol. The molecule has 0 aliphatic carbocycles. The highest BCUT2D eigenvalue weighted by Crippen LogP contribution is 2.39. The second-order valence-electron chi connectivity index (χ2n) is 6.33. The molecule has 0 fully saturated rings. The smallest absolute Gasteiger partial charge is 0.258 e. The maximum absolute atomic E-state index is 13.9. The molecule has 3 heterocycles. The number of nitrogens with zero attached hydrogens (tertiary/aromatic N) is 6. The zero-order valence-electron chi connectivity index (χ0n) is 14.9. The van der Waals surface area contributed by atoms with Crippen molar-refractivity contribution in [2.75, 3.05) is 12.8 Å². The van der Waals surface area contributed by atoms with E-state index in [0.717, 1.165) is 5.57 Å². The standard InChI is InChI=1S/C17H20FN7O/c1-9(2)10(3)26-17-16(20)21-8-12(22-17)14-11(7-19)23-25-6-5-13(15(14)25)24(4)18/h8,10,13H,1,5-6H2,2-4H3,(H2,20,21)/t10-,13?/m1/s1. The van der Waals surface area contributed by atoms with Gasteiger partial charge in [0.25, 0.3) is 5.88 Å². The van der Waals surface area contributed by atoms with Crippen molar-refractivity contribution in [3.05, 3.63) is 29.7 Å². The van der Waals surface area contributed by atoms with Gasteiger partial charge in [-0.05, 0) is 25.8 Å². The minimum Gasteiger partial charge on any atom is -0.468 e. The van der Waals surface area contributed by atoms with E-state index in [4.69, 9.17) is 10.5 Å². The first-order valence-corrected chi connectivity index (χ1v) is 8.17. The largest absolute Gasteiger partial charge is 0.468 e. The lowest BCUT2D eigenvalue weighted by Gasteiger charge is -2.17. The number of halogens is 1. The zero-order valence-corrected chi connectivity index (χ0v) is 14.9. The normalized spacial score (nSPS) is 17.0. The number of aryl methyl sites for hydroxylation is 1. The molecule has 8 nitrogen and oxygen atoms in total. The average molecular weight is 357 g/mol. The summed E-state index contributed by atoms with van der Waals surface area (Å²) in [6, 6.07) is 1.55. The van der Waals surface area contributed by atoms with Gasteiger partial charge in [-0.3, -0.25) is 4.68 Å². The molecule has 0 bridgehead atoms. The Morgan fingerprint density at radius 3 is 2.96 bits per heavy atom. The van der Waals surface area contributed by atoms with Crippen LogP contribution in [0.2, 0.25) is 0 Å². The molecule has 0 amide bonds. The monoisotopic (exact) mass is 357 g/mol. The second-order valence-corrected chi connectivity index (χ2v) is 6.33. The highest BCUT2D eigenvalue weighted by molar-refractivity contribution is 5.70. The molecule has 0 radical (unpaired) electrons. The SMILES string of the molecule is C=C(C)[C@@H](C)Oc1nc(-c2c(C#N)nn3c2C(N(C)F)CC3)cnc1N. The average Bonchev–Trinajstić information content (AvgIpc) is 3.15. The molecule has 1 aliphatic rings. The van der Waals surface area contributed by atoms with Crippen LogP contribution in [0.25, 0.3) is 11.3 Å². The fourth-order valence-corrected chi connectivity index (χ4v) is 2.90. The lowest BCUT2D eigenvalue weighted by atomic mass is 10.0. The number of aromatic nitrogens is 4. The van der Waals surface area contributed by atoms with Crippen LogP contribution in [0.4, 0.5) is 10.3 Å². The third kappa shape index (κ3) is 2.99. The van der Waals surface area contributed by atoms with Gasteiger partial charge in [-0.2, -0.15) is 10.4 Å². The van der Waals surface area contributed by atoms with Crippen LogP contribution >= 0.6 is 0 Å². The Kier molecular flexibility index (Phi) is 4.61. The summed E-state index contributed by atoms with van der Waals surface area (Å²) in [4.78, 5) is 8.55. The lowest BCUT2D eigenvalue weighted by Crippen LogP contribution is -2.16. The molecule has 136 valence electrons. The predicted molar refractivity (Wildman–Crippen MR) is 93.5 cm³/mol. The summed E-state index contributed by atoms with van der Waals surface area (Å²) in [5.74, 6) is 0.272. The van der Waals surface area contributed by atoms with E-state index in [0.29, 0.717) is 35.0 Å². The van der Waals surface area contributed by atoms with Gasteiger partial charge in [-0.1, -0.05) is 6.58 Å². The molecular formula is C17H20FN7O. The number of nitriles is 1. The van der Waals surface area contributed by atoms with Gasteiger partial charge in [-0.15, -0.1) is 9.60 Å². The van der Waals surface area contributed by atoms with Crippen LogP contribution in [0.1, 0.15) is 37.7 Å². The molecule has 0 saturated heterocycles. The second kappa shape index (κ2) is 6.72. The van der Waals surface area contributed by atoms with Crippen LogP contribution in [0.5, 0.6) is 5.88 Å².